The first-order valence-electron chi connectivity index (χ1n) is 4.66. The summed E-state index contributed by atoms with van der Waals surface area (Å²) in [5.41, 5.74) is 0.857. The van der Waals surface area contributed by atoms with Crippen LogP contribution in [0, 0.1) is 10.1 Å². The Morgan fingerprint density at radius 3 is 2.56 bits per heavy atom. The number of hydrogen-bond donors (Lipinski definition) is 0. The van der Waals surface area contributed by atoms with E-state index in [1.165, 1.54) is 19.2 Å². The maximum Gasteiger partial charge on any atom is 0.269 e. The molecule has 0 aliphatic heterocycles. The highest BCUT2D eigenvalue weighted by atomic mass is 16.7. The van der Waals surface area contributed by atoms with Crippen molar-refractivity contribution in [2.75, 3.05) is 13.9 Å². The van der Waals surface area contributed by atoms with E-state index in [2.05, 4.69) is 6.58 Å². The van der Waals surface area contributed by atoms with Gasteiger partial charge in [-0.2, -0.15) is 0 Å². The lowest BCUT2D eigenvalue weighted by Gasteiger charge is -2.13. The van der Waals surface area contributed by atoms with Crippen LogP contribution in [0.25, 0.3) is 0 Å². The number of hydrogen-bond acceptors (Lipinski definition) is 4. The molecule has 0 aliphatic carbocycles. The smallest absolute Gasteiger partial charge is 0.269 e. The topological polar surface area (TPSA) is 61.6 Å². The van der Waals surface area contributed by atoms with Crippen molar-refractivity contribution < 1.29 is 14.4 Å². The average Bonchev–Trinajstić information content (AvgIpc) is 2.30. The molecule has 0 bridgehead atoms. The van der Waals surface area contributed by atoms with Gasteiger partial charge >= 0.3 is 0 Å². The van der Waals surface area contributed by atoms with E-state index in [0.29, 0.717) is 0 Å². The summed E-state index contributed by atoms with van der Waals surface area (Å²) in [7, 11) is 1.52. The van der Waals surface area contributed by atoms with E-state index in [1.54, 1.807) is 18.2 Å². The Kier molecular flexibility index (Phi) is 4.63. The van der Waals surface area contributed by atoms with Crippen molar-refractivity contribution in [3.63, 3.8) is 0 Å². The molecule has 0 heterocycles. The third kappa shape index (κ3) is 3.15. The molecule has 1 aromatic rings. The van der Waals surface area contributed by atoms with Crippen LogP contribution in [0.15, 0.2) is 36.9 Å². The van der Waals surface area contributed by atoms with Gasteiger partial charge in [-0.15, -0.1) is 6.58 Å². The second kappa shape index (κ2) is 5.99. The first kappa shape index (κ1) is 12.4. The van der Waals surface area contributed by atoms with Crippen LogP contribution in [0.5, 0.6) is 0 Å². The molecule has 0 fully saturated rings. The molecule has 16 heavy (non-hydrogen) atoms. The summed E-state index contributed by atoms with van der Waals surface area (Å²) in [6.07, 6.45) is 1.29. The summed E-state index contributed by atoms with van der Waals surface area (Å²) in [5, 5.41) is 10.5. The molecule has 0 amide bonds. The molecule has 0 N–H and O–H groups in total. The summed E-state index contributed by atoms with van der Waals surface area (Å²) in [6, 6.07) is 6.14. The van der Waals surface area contributed by atoms with Gasteiger partial charge in [-0.25, -0.2) is 0 Å². The van der Waals surface area contributed by atoms with Crippen LogP contribution in [0.3, 0.4) is 0 Å². The number of non-ortho nitro benzene ring substituents is 1. The Labute approximate surface area is 93.4 Å². The molecule has 0 saturated heterocycles. The van der Waals surface area contributed by atoms with Crippen molar-refractivity contribution in [3.05, 3.63) is 52.6 Å². The van der Waals surface area contributed by atoms with Gasteiger partial charge in [0.1, 0.15) is 12.9 Å². The minimum Gasteiger partial charge on any atom is -0.359 e. The van der Waals surface area contributed by atoms with E-state index >= 15 is 0 Å². The molecule has 5 heteroatoms. The minimum atomic E-state index is -0.442. The SMILES string of the molecule is C=CC(OCOC)c1ccc([N+](=O)[O-])cc1. The molecule has 1 rings (SSSR count). The molecule has 1 unspecified atom stereocenters. The van der Waals surface area contributed by atoms with Crippen LogP contribution in [0.4, 0.5) is 5.69 Å². The first-order chi connectivity index (χ1) is 7.69. The second-order valence-electron chi connectivity index (χ2n) is 3.08. The predicted molar refractivity (Wildman–Crippen MR) is 59.0 cm³/mol. The zero-order valence-corrected chi connectivity index (χ0v) is 8.96. The molecular formula is C11H13NO4. The van der Waals surface area contributed by atoms with Gasteiger partial charge in [0.15, 0.2) is 0 Å². The van der Waals surface area contributed by atoms with Gasteiger partial charge < -0.3 is 9.47 Å². The van der Waals surface area contributed by atoms with Gasteiger partial charge in [-0.3, -0.25) is 10.1 Å². The number of benzene rings is 1. The third-order valence-corrected chi connectivity index (χ3v) is 2.01. The van der Waals surface area contributed by atoms with Crippen molar-refractivity contribution in [2.45, 2.75) is 6.10 Å². The average molecular weight is 223 g/mol. The van der Waals surface area contributed by atoms with Gasteiger partial charge in [-0.1, -0.05) is 6.08 Å². The van der Waals surface area contributed by atoms with Crippen LogP contribution in [-0.2, 0) is 9.47 Å². The molecule has 0 saturated carbocycles. The molecule has 5 nitrogen and oxygen atoms in total. The summed E-state index contributed by atoms with van der Waals surface area (Å²) >= 11 is 0. The fourth-order valence-electron chi connectivity index (χ4n) is 1.23. The van der Waals surface area contributed by atoms with Crippen LogP contribution in [0.1, 0.15) is 11.7 Å². The van der Waals surface area contributed by atoms with Gasteiger partial charge in [0, 0.05) is 19.2 Å². The number of ether oxygens (including phenoxy) is 2. The standard InChI is InChI=1S/C11H13NO4/c1-3-11(16-8-15-2)9-4-6-10(7-5-9)12(13)14/h3-7,11H,1,8H2,2H3. The second-order valence-corrected chi connectivity index (χ2v) is 3.08. The number of nitro groups is 1. The van der Waals surface area contributed by atoms with E-state index in [1.807, 2.05) is 0 Å². The molecule has 0 aromatic heterocycles. The largest absolute Gasteiger partial charge is 0.359 e. The van der Waals surface area contributed by atoms with Crippen molar-refractivity contribution in [3.8, 4) is 0 Å². The first-order valence-corrected chi connectivity index (χ1v) is 4.66. The van der Waals surface area contributed by atoms with E-state index in [-0.39, 0.29) is 18.6 Å². The van der Waals surface area contributed by atoms with Crippen molar-refractivity contribution in [1.82, 2.24) is 0 Å². The summed E-state index contributed by atoms with van der Waals surface area (Å²) < 4.78 is 10.1. The van der Waals surface area contributed by atoms with Gasteiger partial charge in [0.2, 0.25) is 0 Å². The van der Waals surface area contributed by atoms with Crippen molar-refractivity contribution in [1.29, 1.82) is 0 Å². The van der Waals surface area contributed by atoms with Crippen LogP contribution in [-0.4, -0.2) is 18.8 Å². The third-order valence-electron chi connectivity index (χ3n) is 2.01. The van der Waals surface area contributed by atoms with Crippen molar-refractivity contribution >= 4 is 5.69 Å². The predicted octanol–water partition coefficient (Wildman–Crippen LogP) is 2.44. The maximum atomic E-state index is 10.5. The van der Waals surface area contributed by atoms with E-state index in [4.69, 9.17) is 9.47 Å². The molecule has 86 valence electrons. The molecule has 1 atom stereocenters. The summed E-state index contributed by atoms with van der Waals surface area (Å²) in [4.78, 5) is 10.0. The quantitative estimate of drug-likeness (QED) is 0.321. The lowest BCUT2D eigenvalue weighted by atomic mass is 10.1. The monoisotopic (exact) mass is 223 g/mol. The van der Waals surface area contributed by atoms with Crippen LogP contribution in [0.2, 0.25) is 0 Å². The van der Waals surface area contributed by atoms with Crippen LogP contribution >= 0.6 is 0 Å². The number of nitro benzene ring substituents is 1. The fraction of sp³-hybridized carbons (Fsp3) is 0.273. The van der Waals surface area contributed by atoms with Crippen LogP contribution < -0.4 is 0 Å². The Hall–Kier alpha value is -1.72. The Morgan fingerprint density at radius 1 is 1.50 bits per heavy atom. The highest BCUT2D eigenvalue weighted by molar-refractivity contribution is 5.34. The Balaban J connectivity index is 2.78. The van der Waals surface area contributed by atoms with Gasteiger partial charge in [0.25, 0.3) is 5.69 Å². The normalized spacial score (nSPS) is 12.1. The zero-order valence-electron chi connectivity index (χ0n) is 8.96. The Morgan fingerprint density at radius 2 is 2.12 bits per heavy atom. The summed E-state index contributed by atoms with van der Waals surface area (Å²) in [5.74, 6) is 0. The number of methoxy groups -OCH3 is 1. The fourth-order valence-corrected chi connectivity index (χ4v) is 1.23. The Bertz CT molecular complexity index is 361. The number of rotatable bonds is 6. The van der Waals surface area contributed by atoms with E-state index in [9.17, 15) is 10.1 Å². The maximum absolute atomic E-state index is 10.5. The molecule has 0 spiro atoms. The highest BCUT2D eigenvalue weighted by Gasteiger charge is 2.10. The van der Waals surface area contributed by atoms with Crippen molar-refractivity contribution in [2.24, 2.45) is 0 Å². The van der Waals surface area contributed by atoms with Gasteiger partial charge in [0.05, 0.1) is 4.92 Å². The minimum absolute atomic E-state index is 0.0540. The lowest BCUT2D eigenvalue weighted by molar-refractivity contribution is -0.384. The molecular weight excluding hydrogens is 210 g/mol. The summed E-state index contributed by atoms with van der Waals surface area (Å²) in [6.45, 7) is 3.78. The highest BCUT2D eigenvalue weighted by Crippen LogP contribution is 2.21. The van der Waals surface area contributed by atoms with E-state index < -0.39 is 4.92 Å². The van der Waals surface area contributed by atoms with Gasteiger partial charge in [-0.05, 0) is 17.7 Å². The zero-order chi connectivity index (χ0) is 12.0. The number of nitrogens with zero attached hydrogens (tertiary/aromatic N) is 1. The molecule has 1 aromatic carbocycles. The van der Waals surface area contributed by atoms with E-state index in [0.717, 1.165) is 5.56 Å². The lowest BCUT2D eigenvalue weighted by Crippen LogP contribution is -2.04. The molecule has 0 radical (unpaired) electrons. The molecule has 0 aliphatic rings.